The zero-order valence-corrected chi connectivity index (χ0v) is 13.5. The molecule has 0 saturated heterocycles. The van der Waals surface area contributed by atoms with Crippen molar-refractivity contribution in [1.29, 1.82) is 0 Å². The number of aromatic nitrogens is 2. The molecule has 0 fully saturated rings. The Morgan fingerprint density at radius 1 is 1.12 bits per heavy atom. The van der Waals surface area contributed by atoms with Crippen LogP contribution in [0.3, 0.4) is 0 Å². The molecule has 2 rings (SSSR count). The van der Waals surface area contributed by atoms with Gasteiger partial charge in [-0.2, -0.15) is 5.10 Å². The summed E-state index contributed by atoms with van der Waals surface area (Å²) in [6, 6.07) is 4.70. The lowest BCUT2D eigenvalue weighted by atomic mass is 10.2. The topological polar surface area (TPSA) is 118 Å². The van der Waals surface area contributed by atoms with Crippen LogP contribution in [-0.2, 0) is 11.2 Å². The number of methoxy groups -OCH3 is 3. The number of H-pyrrole nitrogens is 2. The fourth-order valence-electron chi connectivity index (χ4n) is 2.03. The number of ether oxygens (including phenoxy) is 3. The maximum atomic E-state index is 11.7. The highest BCUT2D eigenvalue weighted by Gasteiger charge is 2.12. The van der Waals surface area contributed by atoms with Crippen LogP contribution in [0.25, 0.3) is 0 Å². The number of carbonyl (C=O) groups is 1. The van der Waals surface area contributed by atoms with Crippen molar-refractivity contribution < 1.29 is 19.0 Å². The largest absolute Gasteiger partial charge is 0.493 e. The first-order valence-electron chi connectivity index (χ1n) is 6.96. The summed E-state index contributed by atoms with van der Waals surface area (Å²) in [5, 5.41) is 8.82. The van der Waals surface area contributed by atoms with E-state index in [9.17, 15) is 9.59 Å². The minimum Gasteiger partial charge on any atom is -0.493 e. The molecule has 0 bridgehead atoms. The molecule has 128 valence electrons. The molecule has 0 spiro atoms. The van der Waals surface area contributed by atoms with Crippen LogP contribution in [0.2, 0.25) is 0 Å². The van der Waals surface area contributed by atoms with Crippen molar-refractivity contribution in [2.75, 3.05) is 21.3 Å². The molecule has 0 aliphatic heterocycles. The predicted octanol–water partition coefficient (Wildman–Crippen LogP) is 0.422. The summed E-state index contributed by atoms with van der Waals surface area (Å²) in [6.45, 7) is 0. The molecule has 9 heteroatoms. The second-order valence-electron chi connectivity index (χ2n) is 4.71. The zero-order valence-electron chi connectivity index (χ0n) is 13.5. The first-order chi connectivity index (χ1) is 11.6. The van der Waals surface area contributed by atoms with Gasteiger partial charge in [0.15, 0.2) is 11.5 Å². The normalized spacial score (nSPS) is 10.6. The monoisotopic (exact) mass is 334 g/mol. The number of hydrogen-bond donors (Lipinski definition) is 3. The summed E-state index contributed by atoms with van der Waals surface area (Å²) in [5.41, 5.74) is 3.21. The summed E-state index contributed by atoms with van der Waals surface area (Å²) >= 11 is 0. The Balaban J connectivity index is 2.05. The van der Waals surface area contributed by atoms with Crippen LogP contribution in [0, 0.1) is 0 Å². The highest BCUT2D eigenvalue weighted by molar-refractivity contribution is 5.84. The van der Waals surface area contributed by atoms with Gasteiger partial charge in [0.2, 0.25) is 11.7 Å². The van der Waals surface area contributed by atoms with E-state index >= 15 is 0 Å². The Bertz CT molecular complexity index is 768. The lowest BCUT2D eigenvalue weighted by Crippen LogP contribution is -2.20. The molecule has 0 aliphatic carbocycles. The van der Waals surface area contributed by atoms with Crippen molar-refractivity contribution in [3.8, 4) is 17.2 Å². The van der Waals surface area contributed by atoms with E-state index in [1.807, 2.05) is 0 Å². The number of hydrogen-bond acceptors (Lipinski definition) is 6. The Labute approximate surface area is 137 Å². The van der Waals surface area contributed by atoms with Crippen LogP contribution in [0.1, 0.15) is 11.3 Å². The van der Waals surface area contributed by atoms with Gasteiger partial charge in [-0.25, -0.2) is 5.43 Å². The van der Waals surface area contributed by atoms with Gasteiger partial charge in [0, 0.05) is 17.3 Å². The number of amides is 1. The molecule has 3 N–H and O–H groups in total. The third-order valence-corrected chi connectivity index (χ3v) is 3.09. The molecule has 1 heterocycles. The quantitative estimate of drug-likeness (QED) is 0.501. The van der Waals surface area contributed by atoms with Crippen molar-refractivity contribution >= 4 is 12.1 Å². The number of nitrogens with zero attached hydrogens (tertiary/aromatic N) is 1. The zero-order chi connectivity index (χ0) is 17.5. The minimum absolute atomic E-state index is 0.00529. The van der Waals surface area contributed by atoms with Crippen LogP contribution in [0.4, 0.5) is 0 Å². The van der Waals surface area contributed by atoms with E-state index in [-0.39, 0.29) is 17.9 Å². The molecule has 1 aromatic heterocycles. The van der Waals surface area contributed by atoms with E-state index in [0.29, 0.717) is 28.5 Å². The Morgan fingerprint density at radius 2 is 1.79 bits per heavy atom. The molecule has 2 aromatic rings. The van der Waals surface area contributed by atoms with Crippen molar-refractivity contribution in [3.05, 3.63) is 39.8 Å². The Morgan fingerprint density at radius 3 is 2.29 bits per heavy atom. The smallest absolute Gasteiger partial charge is 0.264 e. The van der Waals surface area contributed by atoms with E-state index in [0.717, 1.165) is 0 Å². The lowest BCUT2D eigenvalue weighted by molar-refractivity contribution is -0.120. The molecule has 0 radical (unpaired) electrons. The van der Waals surface area contributed by atoms with Gasteiger partial charge in [0.25, 0.3) is 5.56 Å². The second kappa shape index (κ2) is 7.86. The van der Waals surface area contributed by atoms with Crippen LogP contribution >= 0.6 is 0 Å². The van der Waals surface area contributed by atoms with Gasteiger partial charge < -0.3 is 19.3 Å². The number of rotatable bonds is 7. The molecule has 1 amide bonds. The molecule has 9 nitrogen and oxygen atoms in total. The SMILES string of the molecule is COc1cc(C=NNC(=O)Cc2cc(=O)[nH][nH]2)cc(OC)c1OC. The van der Waals surface area contributed by atoms with Crippen molar-refractivity contribution in [1.82, 2.24) is 15.6 Å². The standard InChI is InChI=1S/C15H18N4O5/c1-22-11-4-9(5-12(23-2)15(11)24-3)8-16-18-13(20)6-10-7-14(21)19-17-10/h4-5,7-8H,6H2,1-3H3,(H,18,20)(H2,17,19,21). The molecule has 0 atom stereocenters. The number of hydrazone groups is 1. The van der Waals surface area contributed by atoms with Gasteiger partial charge >= 0.3 is 0 Å². The third-order valence-electron chi connectivity index (χ3n) is 3.09. The van der Waals surface area contributed by atoms with Crippen molar-refractivity contribution in [3.63, 3.8) is 0 Å². The van der Waals surface area contributed by atoms with Crippen molar-refractivity contribution in [2.45, 2.75) is 6.42 Å². The summed E-state index contributed by atoms with van der Waals surface area (Å²) in [6.07, 6.45) is 1.45. The van der Waals surface area contributed by atoms with Crippen LogP contribution in [0.5, 0.6) is 17.2 Å². The number of benzene rings is 1. The average molecular weight is 334 g/mol. The maximum absolute atomic E-state index is 11.7. The van der Waals surface area contributed by atoms with Crippen LogP contribution in [0.15, 0.2) is 28.1 Å². The van der Waals surface area contributed by atoms with Gasteiger partial charge in [-0.05, 0) is 12.1 Å². The lowest BCUT2D eigenvalue weighted by Gasteiger charge is -2.12. The average Bonchev–Trinajstić information content (AvgIpc) is 2.98. The summed E-state index contributed by atoms with van der Waals surface area (Å²) in [7, 11) is 4.54. The summed E-state index contributed by atoms with van der Waals surface area (Å²) in [4.78, 5) is 22.7. The van der Waals surface area contributed by atoms with Crippen LogP contribution in [-0.4, -0.2) is 43.6 Å². The predicted molar refractivity (Wildman–Crippen MR) is 87.0 cm³/mol. The Kier molecular flexibility index (Phi) is 5.61. The van der Waals surface area contributed by atoms with E-state index < -0.39 is 0 Å². The van der Waals surface area contributed by atoms with Gasteiger partial charge in [0.05, 0.1) is 34.0 Å². The van der Waals surface area contributed by atoms with Gasteiger partial charge in [-0.1, -0.05) is 0 Å². The highest BCUT2D eigenvalue weighted by Crippen LogP contribution is 2.37. The molecule has 1 aromatic carbocycles. The van der Waals surface area contributed by atoms with E-state index in [2.05, 4.69) is 20.7 Å². The highest BCUT2D eigenvalue weighted by atomic mass is 16.5. The molecular weight excluding hydrogens is 316 g/mol. The van der Waals surface area contributed by atoms with E-state index in [4.69, 9.17) is 14.2 Å². The van der Waals surface area contributed by atoms with E-state index in [1.165, 1.54) is 33.6 Å². The van der Waals surface area contributed by atoms with Crippen molar-refractivity contribution in [2.24, 2.45) is 5.10 Å². The fraction of sp³-hybridized carbons (Fsp3) is 0.267. The second-order valence-corrected chi connectivity index (χ2v) is 4.71. The van der Waals surface area contributed by atoms with Gasteiger partial charge in [0.1, 0.15) is 0 Å². The van der Waals surface area contributed by atoms with Crippen LogP contribution < -0.4 is 25.2 Å². The molecule has 24 heavy (non-hydrogen) atoms. The molecule has 0 unspecified atom stereocenters. The van der Waals surface area contributed by atoms with Gasteiger partial charge in [-0.15, -0.1) is 0 Å². The van der Waals surface area contributed by atoms with Gasteiger partial charge in [-0.3, -0.25) is 14.7 Å². The summed E-state index contributed by atoms with van der Waals surface area (Å²) < 4.78 is 15.7. The third kappa shape index (κ3) is 4.15. The number of nitrogens with one attached hydrogen (secondary N) is 3. The molecule has 0 saturated carbocycles. The first kappa shape index (κ1) is 17.1. The maximum Gasteiger partial charge on any atom is 0.264 e. The molecule has 0 aliphatic rings. The minimum atomic E-state index is -0.367. The number of aromatic amines is 2. The first-order valence-corrected chi connectivity index (χ1v) is 6.96. The fourth-order valence-corrected chi connectivity index (χ4v) is 2.03. The summed E-state index contributed by atoms with van der Waals surface area (Å²) in [5.74, 6) is 1.07. The molecular formula is C15H18N4O5. The van der Waals surface area contributed by atoms with E-state index in [1.54, 1.807) is 12.1 Å². The Hall–Kier alpha value is -3.23. The number of carbonyl (C=O) groups excluding carboxylic acids is 1.